The van der Waals surface area contributed by atoms with Crippen molar-refractivity contribution >= 4 is 13.8 Å². The number of unbranched alkanes of at least 4 members (excludes halogenated alkanes) is 28. The first-order valence-corrected chi connectivity index (χ1v) is 23.7. The van der Waals surface area contributed by atoms with Crippen LogP contribution in [0.3, 0.4) is 0 Å². The van der Waals surface area contributed by atoms with E-state index in [2.05, 4.69) is 19.9 Å². The van der Waals surface area contributed by atoms with E-state index in [0.717, 1.165) is 19.3 Å². The maximum Gasteiger partial charge on any atom is 0.472 e. The Kier molecular flexibility index (Phi) is 40.8. The Balaban J connectivity index is 4.02. The van der Waals surface area contributed by atoms with Crippen molar-refractivity contribution in [1.82, 2.24) is 0 Å². The Morgan fingerprint density at radius 1 is 0.558 bits per heavy atom. The molecule has 0 aromatic heterocycles. The summed E-state index contributed by atoms with van der Waals surface area (Å²) in [5.41, 5.74) is 5.37. The summed E-state index contributed by atoms with van der Waals surface area (Å²) in [5, 5.41) is 0. The van der Waals surface area contributed by atoms with Gasteiger partial charge >= 0.3 is 13.8 Å². The zero-order chi connectivity index (χ0) is 38.1. The molecule has 0 aromatic carbocycles. The first kappa shape index (κ1) is 51.2. The molecule has 9 heteroatoms. The summed E-state index contributed by atoms with van der Waals surface area (Å²) in [6.07, 6.45) is 43.8. The summed E-state index contributed by atoms with van der Waals surface area (Å²) in [4.78, 5) is 22.4. The highest BCUT2D eigenvalue weighted by Crippen LogP contribution is 2.43. The summed E-state index contributed by atoms with van der Waals surface area (Å²) in [5.74, 6) is -0.374. The van der Waals surface area contributed by atoms with Gasteiger partial charge in [-0.05, 0) is 25.7 Å². The van der Waals surface area contributed by atoms with Gasteiger partial charge in [0.1, 0.15) is 6.10 Å². The molecule has 0 rings (SSSR count). The van der Waals surface area contributed by atoms with Crippen molar-refractivity contribution in [2.24, 2.45) is 5.73 Å². The number of hydrogen-bond donors (Lipinski definition) is 2. The van der Waals surface area contributed by atoms with E-state index in [1.807, 2.05) is 6.08 Å². The lowest BCUT2D eigenvalue weighted by Crippen LogP contribution is -2.28. The molecule has 0 saturated heterocycles. The summed E-state index contributed by atoms with van der Waals surface area (Å²) in [6.45, 7) is 4.92. The van der Waals surface area contributed by atoms with Crippen LogP contribution >= 0.6 is 7.82 Å². The largest absolute Gasteiger partial charge is 0.472 e. The highest BCUT2D eigenvalue weighted by Gasteiger charge is 2.25. The minimum absolute atomic E-state index is 0.0976. The second kappa shape index (κ2) is 41.4. The molecule has 0 aliphatic heterocycles. The first-order chi connectivity index (χ1) is 25.4. The van der Waals surface area contributed by atoms with Crippen molar-refractivity contribution in [3.8, 4) is 0 Å². The lowest BCUT2D eigenvalue weighted by molar-refractivity contribution is -0.154. The Labute approximate surface area is 322 Å². The van der Waals surface area contributed by atoms with E-state index in [-0.39, 0.29) is 38.8 Å². The fraction of sp³-hybridized carbons (Fsp3) is 0.930. The molecule has 0 aromatic rings. The number of allylic oxidation sites excluding steroid dienone is 2. The lowest BCUT2D eigenvalue weighted by atomic mass is 10.0. The van der Waals surface area contributed by atoms with E-state index >= 15 is 0 Å². The van der Waals surface area contributed by atoms with E-state index in [1.54, 1.807) is 0 Å². The third-order valence-corrected chi connectivity index (χ3v) is 10.7. The Bertz CT molecular complexity index is 812. The molecule has 0 amide bonds. The molecular weight excluding hydrogens is 673 g/mol. The smallest absolute Gasteiger partial charge is 0.457 e. The average Bonchev–Trinajstić information content (AvgIpc) is 3.13. The number of carbonyl (C=O) groups is 1. The van der Waals surface area contributed by atoms with E-state index in [4.69, 9.17) is 24.3 Å². The van der Waals surface area contributed by atoms with E-state index in [1.165, 1.54) is 173 Å². The third kappa shape index (κ3) is 40.4. The maximum absolute atomic E-state index is 12.6. The van der Waals surface area contributed by atoms with Crippen LogP contribution in [-0.2, 0) is 27.9 Å². The van der Waals surface area contributed by atoms with Crippen LogP contribution in [0.15, 0.2) is 12.2 Å². The van der Waals surface area contributed by atoms with Gasteiger partial charge in [0.15, 0.2) is 0 Å². The van der Waals surface area contributed by atoms with Crippen molar-refractivity contribution in [3.05, 3.63) is 12.2 Å². The zero-order valence-corrected chi connectivity index (χ0v) is 35.2. The van der Waals surface area contributed by atoms with Crippen LogP contribution < -0.4 is 5.73 Å². The van der Waals surface area contributed by atoms with Gasteiger partial charge in [-0.3, -0.25) is 13.8 Å². The molecule has 8 nitrogen and oxygen atoms in total. The highest BCUT2D eigenvalue weighted by atomic mass is 31.2. The Morgan fingerprint density at radius 3 is 1.40 bits per heavy atom. The van der Waals surface area contributed by atoms with E-state index in [0.29, 0.717) is 13.0 Å². The minimum Gasteiger partial charge on any atom is -0.457 e. The lowest BCUT2D eigenvalue weighted by Gasteiger charge is -2.20. The van der Waals surface area contributed by atoms with Gasteiger partial charge in [-0.1, -0.05) is 199 Å². The number of carbonyl (C=O) groups excluding carboxylic acids is 1. The van der Waals surface area contributed by atoms with Crippen LogP contribution in [0, 0.1) is 0 Å². The average molecular weight is 760 g/mol. The van der Waals surface area contributed by atoms with Crippen molar-refractivity contribution in [2.75, 3.05) is 33.0 Å². The van der Waals surface area contributed by atoms with Crippen molar-refractivity contribution in [3.63, 3.8) is 0 Å². The molecular formula is C43H86NO7P. The molecule has 2 unspecified atom stereocenters. The Hall–Kier alpha value is -0.760. The van der Waals surface area contributed by atoms with Crippen LogP contribution in [0.1, 0.15) is 219 Å². The molecule has 0 radical (unpaired) electrons. The molecule has 310 valence electrons. The summed E-state index contributed by atoms with van der Waals surface area (Å²) in [6, 6.07) is 0. The quantitative estimate of drug-likeness (QED) is 0.0273. The van der Waals surface area contributed by atoms with Gasteiger partial charge < -0.3 is 20.1 Å². The molecule has 0 spiro atoms. The van der Waals surface area contributed by atoms with Crippen LogP contribution in [-0.4, -0.2) is 49.9 Å². The number of ether oxygens (including phenoxy) is 2. The standard InChI is InChI=1S/C43H86NO7P/c1-3-5-7-9-11-13-15-17-19-21-22-24-26-28-30-32-34-36-43(45)51-42(41-50-52(46,47)49-39-37-44)40-48-38-35-33-31-29-27-25-23-20-18-16-14-12-10-8-6-4-2/h30,32,42H,3-29,31,33-41,44H2,1-2H3,(H,46,47). The topological polar surface area (TPSA) is 117 Å². The Morgan fingerprint density at radius 2 is 0.962 bits per heavy atom. The zero-order valence-electron chi connectivity index (χ0n) is 34.3. The molecule has 2 atom stereocenters. The molecule has 3 N–H and O–H groups in total. The second-order valence-corrected chi connectivity index (χ2v) is 16.4. The van der Waals surface area contributed by atoms with Gasteiger partial charge in [-0.15, -0.1) is 0 Å². The van der Waals surface area contributed by atoms with E-state index in [9.17, 15) is 14.3 Å². The van der Waals surface area contributed by atoms with Crippen molar-refractivity contribution in [1.29, 1.82) is 0 Å². The predicted molar refractivity (Wildman–Crippen MR) is 220 cm³/mol. The molecule has 0 aliphatic rings. The van der Waals surface area contributed by atoms with Crippen LogP contribution in [0.5, 0.6) is 0 Å². The fourth-order valence-corrected chi connectivity index (χ4v) is 7.19. The van der Waals surface area contributed by atoms with Crippen LogP contribution in [0.2, 0.25) is 0 Å². The maximum atomic E-state index is 12.6. The summed E-state index contributed by atoms with van der Waals surface area (Å²) >= 11 is 0. The summed E-state index contributed by atoms with van der Waals surface area (Å²) < 4.78 is 33.4. The SMILES string of the molecule is CCCCCCCCCCCCCCCC=CCCC(=O)OC(COCCCCCCCCCCCCCCCCCC)COP(=O)(O)OCCN. The third-order valence-electron chi connectivity index (χ3n) is 9.70. The fourth-order valence-electron chi connectivity index (χ4n) is 6.43. The van der Waals surface area contributed by atoms with Gasteiger partial charge in [0.2, 0.25) is 0 Å². The van der Waals surface area contributed by atoms with Gasteiger partial charge in [-0.2, -0.15) is 0 Å². The number of esters is 1. The number of nitrogens with two attached hydrogens (primary N) is 1. The number of phosphoric acid groups is 1. The molecule has 0 heterocycles. The van der Waals surface area contributed by atoms with Gasteiger partial charge in [0.25, 0.3) is 0 Å². The number of rotatable bonds is 43. The van der Waals surface area contributed by atoms with E-state index < -0.39 is 13.9 Å². The molecule has 52 heavy (non-hydrogen) atoms. The summed E-state index contributed by atoms with van der Waals surface area (Å²) in [7, 11) is -4.28. The number of phosphoric ester groups is 1. The second-order valence-electron chi connectivity index (χ2n) is 14.9. The van der Waals surface area contributed by atoms with Gasteiger partial charge in [0.05, 0.1) is 19.8 Å². The highest BCUT2D eigenvalue weighted by molar-refractivity contribution is 7.47. The number of hydrogen-bond acceptors (Lipinski definition) is 7. The molecule has 0 saturated carbocycles. The van der Waals surface area contributed by atoms with Crippen LogP contribution in [0.25, 0.3) is 0 Å². The monoisotopic (exact) mass is 760 g/mol. The van der Waals surface area contributed by atoms with Gasteiger partial charge in [-0.25, -0.2) is 4.57 Å². The minimum atomic E-state index is -4.28. The van der Waals surface area contributed by atoms with Crippen molar-refractivity contribution < 1.29 is 32.8 Å². The van der Waals surface area contributed by atoms with Gasteiger partial charge in [0, 0.05) is 19.6 Å². The van der Waals surface area contributed by atoms with Crippen molar-refractivity contribution in [2.45, 2.75) is 225 Å². The predicted octanol–water partition coefficient (Wildman–Crippen LogP) is 13.1. The molecule has 0 aliphatic carbocycles. The normalized spacial score (nSPS) is 13.5. The molecule has 0 fully saturated rings. The van der Waals surface area contributed by atoms with Crippen LogP contribution in [0.4, 0.5) is 0 Å². The molecule has 0 bridgehead atoms. The first-order valence-electron chi connectivity index (χ1n) is 22.2.